The number of ether oxygens (including phenoxy) is 4. The number of hydrogen-bond acceptors (Lipinski definition) is 4. The smallest absolute Gasteiger partial charge is 0.228 e. The molecule has 0 unspecified atom stereocenters. The zero-order valence-electron chi connectivity index (χ0n) is 11.4. The highest BCUT2D eigenvalue weighted by atomic mass is 79.9. The van der Waals surface area contributed by atoms with Gasteiger partial charge in [0.2, 0.25) is 11.6 Å². The van der Waals surface area contributed by atoms with Gasteiger partial charge < -0.3 is 18.9 Å². The van der Waals surface area contributed by atoms with E-state index in [4.69, 9.17) is 18.9 Å². The van der Waals surface area contributed by atoms with Crippen molar-refractivity contribution in [3.63, 3.8) is 0 Å². The summed E-state index contributed by atoms with van der Waals surface area (Å²) in [6.07, 6.45) is 1.81. The van der Waals surface area contributed by atoms with Gasteiger partial charge in [0.05, 0.1) is 4.48 Å². The molecule has 0 heterocycles. The molecular weight excluding hydrogens is 312 g/mol. The number of rotatable bonds is 4. The maximum absolute atomic E-state index is 5.60. The lowest BCUT2D eigenvalue weighted by atomic mass is 9.87. The van der Waals surface area contributed by atoms with Crippen molar-refractivity contribution in [1.29, 1.82) is 0 Å². The molecule has 4 nitrogen and oxygen atoms in total. The Balaban J connectivity index is 2.75. The first kappa shape index (κ1) is 14.7. The molecule has 0 atom stereocenters. The van der Waals surface area contributed by atoms with Crippen LogP contribution in [-0.4, -0.2) is 28.4 Å². The van der Waals surface area contributed by atoms with Crippen LogP contribution in [-0.2, 0) is 30.5 Å². The van der Waals surface area contributed by atoms with E-state index in [9.17, 15) is 0 Å². The van der Waals surface area contributed by atoms with E-state index in [0.717, 1.165) is 11.1 Å². The molecule has 0 radical (unpaired) electrons. The average Bonchev–Trinajstić information content (AvgIpc) is 2.47. The van der Waals surface area contributed by atoms with Gasteiger partial charge in [0.15, 0.2) is 0 Å². The van der Waals surface area contributed by atoms with Crippen LogP contribution in [0.3, 0.4) is 0 Å². The topological polar surface area (TPSA) is 36.9 Å². The second kappa shape index (κ2) is 5.34. The Labute approximate surface area is 121 Å². The van der Waals surface area contributed by atoms with Gasteiger partial charge in [-0.15, -0.1) is 0 Å². The van der Waals surface area contributed by atoms with E-state index < -0.39 is 11.6 Å². The third-order valence-electron chi connectivity index (χ3n) is 3.47. The normalized spacial score (nSPS) is 19.7. The Hall–Kier alpha value is -0.720. The van der Waals surface area contributed by atoms with Crippen molar-refractivity contribution in [3.05, 3.63) is 46.0 Å². The molecule has 1 aliphatic carbocycles. The average molecular weight is 329 g/mol. The van der Waals surface area contributed by atoms with E-state index in [1.165, 1.54) is 0 Å². The molecule has 0 amide bonds. The van der Waals surface area contributed by atoms with Gasteiger partial charge in [-0.1, -0.05) is 24.3 Å². The highest BCUT2D eigenvalue weighted by Crippen LogP contribution is 2.49. The molecule has 1 aromatic rings. The van der Waals surface area contributed by atoms with Gasteiger partial charge in [0.1, 0.15) is 0 Å². The molecule has 0 fully saturated rings. The van der Waals surface area contributed by atoms with Gasteiger partial charge in [0, 0.05) is 39.6 Å². The fraction of sp³-hybridized carbons (Fsp3) is 0.429. The van der Waals surface area contributed by atoms with Crippen LogP contribution in [0.1, 0.15) is 11.1 Å². The second-order valence-electron chi connectivity index (χ2n) is 4.14. The number of halogens is 1. The Morgan fingerprint density at radius 1 is 0.842 bits per heavy atom. The minimum Gasteiger partial charge on any atom is -0.346 e. The molecule has 2 rings (SSSR count). The van der Waals surface area contributed by atoms with E-state index in [1.807, 2.05) is 30.3 Å². The van der Waals surface area contributed by atoms with Crippen LogP contribution >= 0.6 is 15.9 Å². The predicted molar refractivity (Wildman–Crippen MR) is 74.8 cm³/mol. The van der Waals surface area contributed by atoms with Gasteiger partial charge in [-0.3, -0.25) is 0 Å². The third kappa shape index (κ3) is 1.97. The summed E-state index contributed by atoms with van der Waals surface area (Å²) in [5, 5.41) is 0. The van der Waals surface area contributed by atoms with E-state index >= 15 is 0 Å². The molecule has 0 aromatic heterocycles. The van der Waals surface area contributed by atoms with E-state index in [1.54, 1.807) is 28.4 Å². The largest absolute Gasteiger partial charge is 0.346 e. The molecule has 19 heavy (non-hydrogen) atoms. The maximum Gasteiger partial charge on any atom is 0.228 e. The standard InChI is InChI=1S/C14H17BrO4/c1-16-13(17-2)9-12(15)14(18-3,19-4)11-8-6-5-7-10(11)13/h5-9H,1-4H3. The Morgan fingerprint density at radius 3 is 1.84 bits per heavy atom. The second-order valence-corrected chi connectivity index (χ2v) is 4.99. The zero-order chi connectivity index (χ0) is 14.1. The van der Waals surface area contributed by atoms with Crippen LogP contribution < -0.4 is 0 Å². The van der Waals surface area contributed by atoms with Gasteiger partial charge >= 0.3 is 0 Å². The van der Waals surface area contributed by atoms with Gasteiger partial charge in [-0.25, -0.2) is 0 Å². The molecule has 0 spiro atoms. The van der Waals surface area contributed by atoms with E-state index in [0.29, 0.717) is 4.48 Å². The third-order valence-corrected chi connectivity index (χ3v) is 4.22. The summed E-state index contributed by atoms with van der Waals surface area (Å²) in [6, 6.07) is 7.72. The van der Waals surface area contributed by atoms with Crippen LogP contribution in [0, 0.1) is 0 Å². The van der Waals surface area contributed by atoms with Crippen molar-refractivity contribution in [2.24, 2.45) is 0 Å². The number of hydrogen-bond donors (Lipinski definition) is 0. The van der Waals surface area contributed by atoms with Crippen molar-refractivity contribution < 1.29 is 18.9 Å². The molecule has 104 valence electrons. The summed E-state index contributed by atoms with van der Waals surface area (Å²) < 4.78 is 23.0. The summed E-state index contributed by atoms with van der Waals surface area (Å²) in [5.74, 6) is -1.92. The quantitative estimate of drug-likeness (QED) is 0.796. The zero-order valence-corrected chi connectivity index (χ0v) is 13.0. The van der Waals surface area contributed by atoms with Crippen molar-refractivity contribution >= 4 is 15.9 Å². The number of methoxy groups -OCH3 is 4. The molecule has 0 aliphatic heterocycles. The summed E-state index contributed by atoms with van der Waals surface area (Å²) in [7, 11) is 6.40. The van der Waals surface area contributed by atoms with Gasteiger partial charge in [0.25, 0.3) is 0 Å². The number of benzene rings is 1. The number of fused-ring (bicyclic) bond motifs is 1. The van der Waals surface area contributed by atoms with Crippen LogP contribution in [0.4, 0.5) is 0 Å². The Kier molecular flexibility index (Phi) is 4.13. The molecule has 0 N–H and O–H groups in total. The summed E-state index contributed by atoms with van der Waals surface area (Å²) in [5.41, 5.74) is 1.70. The van der Waals surface area contributed by atoms with Crippen LogP contribution in [0.25, 0.3) is 0 Å². The lowest BCUT2D eigenvalue weighted by Crippen LogP contribution is -2.42. The van der Waals surface area contributed by atoms with Crippen molar-refractivity contribution in [2.45, 2.75) is 11.6 Å². The van der Waals surface area contributed by atoms with E-state index in [-0.39, 0.29) is 0 Å². The van der Waals surface area contributed by atoms with Crippen molar-refractivity contribution in [2.75, 3.05) is 28.4 Å². The fourth-order valence-electron chi connectivity index (χ4n) is 2.46. The van der Waals surface area contributed by atoms with Crippen LogP contribution in [0.15, 0.2) is 34.8 Å². The molecular formula is C14H17BrO4. The van der Waals surface area contributed by atoms with Crippen molar-refractivity contribution in [3.8, 4) is 0 Å². The lowest BCUT2D eigenvalue weighted by molar-refractivity contribution is -0.212. The summed E-state index contributed by atoms with van der Waals surface area (Å²) in [4.78, 5) is 0. The SMILES string of the molecule is COC1(OC)C=C(Br)C(OC)(OC)c2ccccc21. The first-order chi connectivity index (χ1) is 9.10. The lowest BCUT2D eigenvalue weighted by Gasteiger charge is -2.42. The van der Waals surface area contributed by atoms with Crippen molar-refractivity contribution in [1.82, 2.24) is 0 Å². The monoisotopic (exact) mass is 328 g/mol. The first-order valence-electron chi connectivity index (χ1n) is 5.79. The van der Waals surface area contributed by atoms with Crippen LogP contribution in [0.5, 0.6) is 0 Å². The summed E-state index contributed by atoms with van der Waals surface area (Å²) in [6.45, 7) is 0. The van der Waals surface area contributed by atoms with Gasteiger partial charge in [-0.2, -0.15) is 0 Å². The summed E-state index contributed by atoms with van der Waals surface area (Å²) >= 11 is 3.51. The minimum atomic E-state index is -0.975. The fourth-order valence-corrected chi connectivity index (χ4v) is 3.30. The van der Waals surface area contributed by atoms with Crippen LogP contribution in [0.2, 0.25) is 0 Å². The highest BCUT2D eigenvalue weighted by molar-refractivity contribution is 9.11. The maximum atomic E-state index is 5.60. The molecule has 1 aliphatic rings. The highest BCUT2D eigenvalue weighted by Gasteiger charge is 2.48. The van der Waals surface area contributed by atoms with Gasteiger partial charge in [-0.05, 0) is 22.0 Å². The molecule has 5 heteroatoms. The Morgan fingerprint density at radius 2 is 1.37 bits per heavy atom. The van der Waals surface area contributed by atoms with E-state index in [2.05, 4.69) is 15.9 Å². The molecule has 0 saturated carbocycles. The first-order valence-corrected chi connectivity index (χ1v) is 6.59. The molecule has 0 bridgehead atoms. The molecule has 1 aromatic carbocycles. The Bertz CT molecular complexity index is 490. The predicted octanol–water partition coefficient (Wildman–Crippen LogP) is 2.87. The minimum absolute atomic E-state index is 0.701. The molecule has 0 saturated heterocycles.